The standard InChI is InChI=1S/C57H45N/c1-57(2)55-22-11-10-21-52(55)53-34-32-46(37-56(53)57)58(44-28-23-39(24-29-44)38-13-4-3-5-14-38)45-30-25-40(26-31-45)41-15-12-16-42(35-41)43-27-33-51-49-19-7-6-17-47(49)48-18-8-9-20-50(48)54(51)36-43/h3-9,12-21,23-37,55H,10-11,22H2,1-2H3. The summed E-state index contributed by atoms with van der Waals surface area (Å²) in [6.45, 7) is 4.91. The summed E-state index contributed by atoms with van der Waals surface area (Å²) < 4.78 is 0. The van der Waals surface area contributed by atoms with Gasteiger partial charge in [0.05, 0.1) is 0 Å². The van der Waals surface area contributed by atoms with Crippen molar-refractivity contribution >= 4 is 55.0 Å². The van der Waals surface area contributed by atoms with E-state index in [2.05, 4.69) is 213 Å². The molecule has 0 saturated carbocycles. The van der Waals surface area contributed by atoms with Crippen LogP contribution in [0.1, 0.15) is 44.2 Å². The van der Waals surface area contributed by atoms with Crippen molar-refractivity contribution in [2.45, 2.75) is 38.5 Å². The Bertz CT molecular complexity index is 3010. The molecule has 58 heavy (non-hydrogen) atoms. The molecule has 9 aromatic carbocycles. The molecule has 9 aromatic rings. The number of hydrogen-bond acceptors (Lipinski definition) is 1. The minimum absolute atomic E-state index is 0.0984. The molecule has 11 rings (SSSR count). The summed E-state index contributed by atoms with van der Waals surface area (Å²) in [5.41, 5.74) is 15.4. The molecule has 0 aromatic heterocycles. The maximum absolute atomic E-state index is 2.51. The fourth-order valence-corrected chi connectivity index (χ4v) is 10.2. The van der Waals surface area contributed by atoms with Gasteiger partial charge in [-0.15, -0.1) is 0 Å². The third kappa shape index (κ3) is 5.68. The first-order valence-corrected chi connectivity index (χ1v) is 20.9. The first-order valence-electron chi connectivity index (χ1n) is 20.9. The highest BCUT2D eigenvalue weighted by molar-refractivity contribution is 6.25. The Balaban J connectivity index is 0.973. The number of anilines is 3. The summed E-state index contributed by atoms with van der Waals surface area (Å²) >= 11 is 0. The highest BCUT2D eigenvalue weighted by atomic mass is 15.1. The molecule has 1 heteroatoms. The molecular formula is C57H45N. The molecule has 2 aliphatic carbocycles. The van der Waals surface area contributed by atoms with E-state index >= 15 is 0 Å². The Morgan fingerprint density at radius 1 is 0.414 bits per heavy atom. The summed E-state index contributed by atoms with van der Waals surface area (Å²) in [5, 5.41) is 7.80. The van der Waals surface area contributed by atoms with E-state index in [-0.39, 0.29) is 5.41 Å². The lowest BCUT2D eigenvalue weighted by Gasteiger charge is -2.31. The molecule has 0 radical (unpaired) electrons. The average Bonchev–Trinajstić information content (AvgIpc) is 3.52. The molecule has 278 valence electrons. The van der Waals surface area contributed by atoms with Gasteiger partial charge in [0.1, 0.15) is 0 Å². The van der Waals surface area contributed by atoms with Crippen LogP contribution >= 0.6 is 0 Å². The predicted octanol–water partition coefficient (Wildman–Crippen LogP) is 16.1. The normalized spacial score (nSPS) is 15.6. The van der Waals surface area contributed by atoms with Crippen molar-refractivity contribution < 1.29 is 0 Å². The van der Waals surface area contributed by atoms with E-state index in [1.54, 1.807) is 5.57 Å². The lowest BCUT2D eigenvalue weighted by Crippen LogP contribution is -2.25. The topological polar surface area (TPSA) is 3.24 Å². The zero-order valence-electron chi connectivity index (χ0n) is 33.1. The second-order valence-electron chi connectivity index (χ2n) is 16.8. The molecule has 1 atom stereocenters. The van der Waals surface area contributed by atoms with Crippen molar-refractivity contribution in [2.24, 2.45) is 5.92 Å². The molecule has 0 bridgehead atoms. The largest absolute Gasteiger partial charge is 0.310 e. The first kappa shape index (κ1) is 34.5. The van der Waals surface area contributed by atoms with Crippen LogP contribution < -0.4 is 4.90 Å². The fourth-order valence-electron chi connectivity index (χ4n) is 10.2. The maximum atomic E-state index is 2.51. The predicted molar refractivity (Wildman–Crippen MR) is 248 cm³/mol. The van der Waals surface area contributed by atoms with Crippen molar-refractivity contribution in [1.82, 2.24) is 0 Å². The van der Waals surface area contributed by atoms with Crippen molar-refractivity contribution in [3.05, 3.63) is 205 Å². The number of hydrogen-bond donors (Lipinski definition) is 0. The minimum Gasteiger partial charge on any atom is -0.310 e. The zero-order valence-corrected chi connectivity index (χ0v) is 33.1. The monoisotopic (exact) mass is 743 g/mol. The molecule has 1 nitrogen and oxygen atoms in total. The van der Waals surface area contributed by atoms with Crippen molar-refractivity contribution in [3.63, 3.8) is 0 Å². The van der Waals surface area contributed by atoms with Crippen LogP contribution in [0.5, 0.6) is 0 Å². The Kier molecular flexibility index (Phi) is 8.19. The molecule has 0 saturated heterocycles. The van der Waals surface area contributed by atoms with E-state index in [0.717, 1.165) is 11.4 Å². The molecule has 0 N–H and O–H groups in total. The zero-order chi connectivity index (χ0) is 38.8. The highest BCUT2D eigenvalue weighted by Crippen LogP contribution is 2.55. The Hall–Kier alpha value is -6.70. The summed E-state index contributed by atoms with van der Waals surface area (Å²) in [5.74, 6) is 0.592. The highest BCUT2D eigenvalue weighted by Gasteiger charge is 2.43. The lowest BCUT2D eigenvalue weighted by atomic mass is 9.73. The number of fused-ring (bicyclic) bond motifs is 9. The summed E-state index contributed by atoms with van der Waals surface area (Å²) in [4.78, 5) is 2.44. The number of nitrogens with zero attached hydrogens (tertiary/aromatic N) is 1. The lowest BCUT2D eigenvalue weighted by molar-refractivity contribution is 0.376. The summed E-state index contributed by atoms with van der Waals surface area (Å²) in [6, 6.07) is 69.7. The van der Waals surface area contributed by atoms with Gasteiger partial charge < -0.3 is 4.90 Å². The SMILES string of the molecule is CC1(C)c2cc(N(c3ccc(-c4ccccc4)cc3)c3ccc(-c4cccc(-c5ccc6c7ccccc7c7ccccc7c6c5)c4)cc3)ccc2C2=CCCCC21. The molecular weight excluding hydrogens is 699 g/mol. The number of benzene rings is 9. The second kappa shape index (κ2) is 13.7. The van der Waals surface area contributed by atoms with Gasteiger partial charge in [-0.25, -0.2) is 0 Å². The summed E-state index contributed by atoms with van der Waals surface area (Å²) in [6.07, 6.45) is 6.25. The van der Waals surface area contributed by atoms with Crippen LogP contribution in [-0.4, -0.2) is 0 Å². The van der Waals surface area contributed by atoms with Gasteiger partial charge in [0, 0.05) is 17.1 Å². The smallest absolute Gasteiger partial charge is 0.0464 e. The van der Waals surface area contributed by atoms with Crippen LogP contribution in [0.3, 0.4) is 0 Å². The van der Waals surface area contributed by atoms with Gasteiger partial charge in [-0.05, 0) is 162 Å². The van der Waals surface area contributed by atoms with Crippen LogP contribution in [0.25, 0.3) is 71.3 Å². The van der Waals surface area contributed by atoms with Gasteiger partial charge in [-0.2, -0.15) is 0 Å². The van der Waals surface area contributed by atoms with Crippen LogP contribution in [0.2, 0.25) is 0 Å². The molecule has 0 aliphatic heterocycles. The third-order valence-electron chi connectivity index (χ3n) is 13.2. The van der Waals surface area contributed by atoms with Gasteiger partial charge in [0.2, 0.25) is 0 Å². The maximum Gasteiger partial charge on any atom is 0.0464 e. The molecule has 2 aliphatic rings. The quantitative estimate of drug-likeness (QED) is 0.153. The van der Waals surface area contributed by atoms with Gasteiger partial charge in [-0.3, -0.25) is 0 Å². The molecule has 0 spiro atoms. The van der Waals surface area contributed by atoms with E-state index in [4.69, 9.17) is 0 Å². The minimum atomic E-state index is 0.0984. The van der Waals surface area contributed by atoms with Crippen LogP contribution in [0.15, 0.2) is 194 Å². The Morgan fingerprint density at radius 2 is 0.897 bits per heavy atom. The van der Waals surface area contributed by atoms with E-state index in [0.29, 0.717) is 5.92 Å². The van der Waals surface area contributed by atoms with Crippen molar-refractivity contribution in [2.75, 3.05) is 4.90 Å². The summed E-state index contributed by atoms with van der Waals surface area (Å²) in [7, 11) is 0. The Morgan fingerprint density at radius 3 is 1.55 bits per heavy atom. The van der Waals surface area contributed by atoms with E-state index in [1.807, 2.05) is 0 Å². The van der Waals surface area contributed by atoms with Crippen molar-refractivity contribution in [1.29, 1.82) is 0 Å². The van der Waals surface area contributed by atoms with Crippen LogP contribution in [0.4, 0.5) is 17.1 Å². The van der Waals surface area contributed by atoms with Gasteiger partial charge in [0.15, 0.2) is 0 Å². The molecule has 1 unspecified atom stereocenters. The molecule has 0 fully saturated rings. The van der Waals surface area contributed by atoms with Gasteiger partial charge in [-0.1, -0.05) is 159 Å². The van der Waals surface area contributed by atoms with Crippen LogP contribution in [-0.2, 0) is 5.41 Å². The van der Waals surface area contributed by atoms with Gasteiger partial charge >= 0.3 is 0 Å². The van der Waals surface area contributed by atoms with E-state index in [1.165, 1.54) is 102 Å². The first-order chi connectivity index (χ1) is 28.5. The van der Waals surface area contributed by atoms with Crippen molar-refractivity contribution in [3.8, 4) is 33.4 Å². The molecule has 0 heterocycles. The fraction of sp³-hybridized carbons (Fsp3) is 0.123. The average molecular weight is 744 g/mol. The van der Waals surface area contributed by atoms with E-state index < -0.39 is 0 Å². The van der Waals surface area contributed by atoms with Crippen LogP contribution in [0, 0.1) is 5.92 Å². The number of rotatable bonds is 6. The Labute approximate surface area is 341 Å². The second-order valence-corrected chi connectivity index (χ2v) is 16.8. The van der Waals surface area contributed by atoms with E-state index in [9.17, 15) is 0 Å². The third-order valence-corrected chi connectivity index (χ3v) is 13.2. The molecule has 0 amide bonds. The van der Waals surface area contributed by atoms with Gasteiger partial charge in [0.25, 0.3) is 0 Å². The number of allylic oxidation sites excluding steroid dienone is 2.